The van der Waals surface area contributed by atoms with Gasteiger partial charge in [0.25, 0.3) is 0 Å². The first-order chi connectivity index (χ1) is 7.56. The Morgan fingerprint density at radius 2 is 2.12 bits per heavy atom. The summed E-state index contributed by atoms with van der Waals surface area (Å²) in [7, 11) is 2.03. The van der Waals surface area contributed by atoms with Gasteiger partial charge in [-0.2, -0.15) is 5.10 Å². The molecule has 0 aliphatic rings. The van der Waals surface area contributed by atoms with E-state index in [0.717, 1.165) is 18.8 Å². The molecular weight excluding hydrogens is 218 g/mol. The third-order valence-electron chi connectivity index (χ3n) is 2.36. The Balaban J connectivity index is 2.79. The average Bonchev–Trinajstić information content (AvgIpc) is 2.44. The average molecular weight is 241 g/mol. The van der Waals surface area contributed by atoms with E-state index in [4.69, 9.17) is 0 Å². The molecule has 0 aromatic carbocycles. The maximum absolute atomic E-state index is 4.50. The highest BCUT2D eigenvalue weighted by atomic mass is 32.2. The number of hydrogen-bond donors (Lipinski definition) is 1. The minimum atomic E-state index is 0.597. The maximum atomic E-state index is 4.50. The van der Waals surface area contributed by atoms with Gasteiger partial charge in [0, 0.05) is 24.4 Å². The SMILES string of the molecule is CCCNCc1c(C)nn(C)c1SC(C)C. The minimum Gasteiger partial charge on any atom is -0.313 e. The maximum Gasteiger partial charge on any atom is 0.0986 e. The fourth-order valence-corrected chi connectivity index (χ4v) is 2.65. The second-order valence-electron chi connectivity index (χ2n) is 4.34. The van der Waals surface area contributed by atoms with Crippen molar-refractivity contribution in [2.45, 2.75) is 50.9 Å². The third kappa shape index (κ3) is 3.52. The molecule has 0 unspecified atom stereocenters. The van der Waals surface area contributed by atoms with Gasteiger partial charge in [0.2, 0.25) is 0 Å². The van der Waals surface area contributed by atoms with Crippen LogP contribution in [0.2, 0.25) is 0 Å². The molecule has 0 radical (unpaired) electrons. The van der Waals surface area contributed by atoms with Gasteiger partial charge < -0.3 is 5.32 Å². The molecule has 0 saturated carbocycles. The molecular formula is C12H23N3S. The van der Waals surface area contributed by atoms with Crippen molar-refractivity contribution in [2.75, 3.05) is 6.54 Å². The Kier molecular flexibility index (Phi) is 5.35. The summed E-state index contributed by atoms with van der Waals surface area (Å²) in [6.45, 7) is 10.7. The predicted octanol–water partition coefficient (Wildman–Crippen LogP) is 2.73. The molecule has 0 atom stereocenters. The first-order valence-electron chi connectivity index (χ1n) is 5.96. The van der Waals surface area contributed by atoms with Crippen LogP contribution in [-0.4, -0.2) is 21.6 Å². The quantitative estimate of drug-likeness (QED) is 0.613. The number of nitrogens with zero attached hydrogens (tertiary/aromatic N) is 2. The number of thioether (sulfide) groups is 1. The second kappa shape index (κ2) is 6.30. The van der Waals surface area contributed by atoms with Gasteiger partial charge in [-0.1, -0.05) is 20.8 Å². The monoisotopic (exact) mass is 241 g/mol. The smallest absolute Gasteiger partial charge is 0.0986 e. The first kappa shape index (κ1) is 13.6. The summed E-state index contributed by atoms with van der Waals surface area (Å²) in [6.07, 6.45) is 1.17. The molecule has 3 nitrogen and oxygen atoms in total. The van der Waals surface area contributed by atoms with Gasteiger partial charge in [0.1, 0.15) is 0 Å². The molecule has 0 aliphatic heterocycles. The van der Waals surface area contributed by atoms with Gasteiger partial charge in [-0.15, -0.1) is 11.8 Å². The Labute approximate surface area is 103 Å². The number of rotatable bonds is 6. The van der Waals surface area contributed by atoms with Crippen molar-refractivity contribution in [3.8, 4) is 0 Å². The van der Waals surface area contributed by atoms with Crippen LogP contribution in [0.4, 0.5) is 0 Å². The van der Waals surface area contributed by atoms with E-state index in [-0.39, 0.29) is 0 Å². The van der Waals surface area contributed by atoms with Gasteiger partial charge >= 0.3 is 0 Å². The summed E-state index contributed by atoms with van der Waals surface area (Å²) in [6, 6.07) is 0. The molecule has 0 fully saturated rings. The van der Waals surface area contributed by atoms with Crippen LogP contribution in [0.5, 0.6) is 0 Å². The van der Waals surface area contributed by atoms with Crippen molar-refractivity contribution in [3.05, 3.63) is 11.3 Å². The molecule has 16 heavy (non-hydrogen) atoms. The largest absolute Gasteiger partial charge is 0.313 e. The van der Waals surface area contributed by atoms with Crippen LogP contribution < -0.4 is 5.32 Å². The van der Waals surface area contributed by atoms with Crippen molar-refractivity contribution < 1.29 is 0 Å². The lowest BCUT2D eigenvalue weighted by atomic mass is 10.2. The van der Waals surface area contributed by atoms with E-state index in [0.29, 0.717) is 5.25 Å². The molecule has 0 bridgehead atoms. The fourth-order valence-electron chi connectivity index (χ4n) is 1.65. The van der Waals surface area contributed by atoms with Crippen molar-refractivity contribution in [1.82, 2.24) is 15.1 Å². The Morgan fingerprint density at radius 3 is 2.69 bits per heavy atom. The van der Waals surface area contributed by atoms with Crippen molar-refractivity contribution in [2.24, 2.45) is 7.05 Å². The van der Waals surface area contributed by atoms with E-state index in [2.05, 4.69) is 38.1 Å². The molecule has 1 heterocycles. The Bertz CT molecular complexity index is 331. The van der Waals surface area contributed by atoms with Crippen LogP contribution in [0.25, 0.3) is 0 Å². The Morgan fingerprint density at radius 1 is 1.44 bits per heavy atom. The van der Waals surface area contributed by atoms with E-state index in [1.165, 1.54) is 17.0 Å². The standard InChI is InChI=1S/C12H23N3S/c1-6-7-13-8-11-10(4)14-15(5)12(11)16-9(2)3/h9,13H,6-8H2,1-5H3. The molecule has 0 spiro atoms. The molecule has 1 rings (SSSR count). The lowest BCUT2D eigenvalue weighted by Gasteiger charge is -2.09. The van der Waals surface area contributed by atoms with E-state index in [1.807, 2.05) is 23.5 Å². The summed E-state index contributed by atoms with van der Waals surface area (Å²) in [5.74, 6) is 0. The normalized spacial score (nSPS) is 11.4. The minimum absolute atomic E-state index is 0.597. The van der Waals surface area contributed by atoms with E-state index >= 15 is 0 Å². The van der Waals surface area contributed by atoms with E-state index in [1.54, 1.807) is 0 Å². The summed E-state index contributed by atoms with van der Waals surface area (Å²) in [5.41, 5.74) is 2.50. The molecule has 1 aromatic rings. The Hall–Kier alpha value is -0.480. The van der Waals surface area contributed by atoms with Crippen molar-refractivity contribution >= 4 is 11.8 Å². The molecule has 0 saturated heterocycles. The molecule has 1 aromatic heterocycles. The summed E-state index contributed by atoms with van der Waals surface area (Å²) in [4.78, 5) is 0. The van der Waals surface area contributed by atoms with E-state index < -0.39 is 0 Å². The second-order valence-corrected chi connectivity index (χ2v) is 5.90. The molecule has 92 valence electrons. The highest BCUT2D eigenvalue weighted by Crippen LogP contribution is 2.28. The zero-order valence-corrected chi connectivity index (χ0v) is 11.8. The van der Waals surface area contributed by atoms with Crippen LogP contribution in [0.15, 0.2) is 5.03 Å². The van der Waals surface area contributed by atoms with Gasteiger partial charge in [-0.3, -0.25) is 4.68 Å². The zero-order valence-electron chi connectivity index (χ0n) is 11.0. The van der Waals surface area contributed by atoms with Gasteiger partial charge in [0.05, 0.1) is 10.7 Å². The number of hydrogen-bond acceptors (Lipinski definition) is 3. The number of nitrogens with one attached hydrogen (secondary N) is 1. The van der Waals surface area contributed by atoms with Crippen LogP contribution in [0.3, 0.4) is 0 Å². The first-order valence-corrected chi connectivity index (χ1v) is 6.84. The summed E-state index contributed by atoms with van der Waals surface area (Å²) < 4.78 is 2.00. The van der Waals surface area contributed by atoms with Crippen molar-refractivity contribution in [3.63, 3.8) is 0 Å². The predicted molar refractivity (Wildman–Crippen MR) is 70.9 cm³/mol. The molecule has 0 aliphatic carbocycles. The lowest BCUT2D eigenvalue weighted by Crippen LogP contribution is -2.15. The fraction of sp³-hybridized carbons (Fsp3) is 0.750. The van der Waals surface area contributed by atoms with Gasteiger partial charge in [-0.05, 0) is 19.9 Å². The van der Waals surface area contributed by atoms with Crippen LogP contribution >= 0.6 is 11.8 Å². The van der Waals surface area contributed by atoms with Crippen LogP contribution in [0, 0.1) is 6.92 Å². The highest BCUT2D eigenvalue weighted by molar-refractivity contribution is 7.99. The summed E-state index contributed by atoms with van der Waals surface area (Å²) >= 11 is 1.89. The van der Waals surface area contributed by atoms with Gasteiger partial charge in [0.15, 0.2) is 0 Å². The van der Waals surface area contributed by atoms with Crippen LogP contribution in [-0.2, 0) is 13.6 Å². The van der Waals surface area contributed by atoms with Gasteiger partial charge in [-0.25, -0.2) is 0 Å². The number of aryl methyl sites for hydroxylation is 2. The summed E-state index contributed by atoms with van der Waals surface area (Å²) in [5, 5.41) is 9.85. The number of aromatic nitrogens is 2. The topological polar surface area (TPSA) is 29.9 Å². The highest BCUT2D eigenvalue weighted by Gasteiger charge is 2.14. The molecule has 0 amide bonds. The molecule has 1 N–H and O–H groups in total. The third-order valence-corrected chi connectivity index (χ3v) is 3.57. The zero-order chi connectivity index (χ0) is 12.1. The van der Waals surface area contributed by atoms with E-state index in [9.17, 15) is 0 Å². The molecule has 4 heteroatoms. The van der Waals surface area contributed by atoms with Crippen molar-refractivity contribution in [1.29, 1.82) is 0 Å². The van der Waals surface area contributed by atoms with Crippen LogP contribution in [0.1, 0.15) is 38.4 Å². The lowest BCUT2D eigenvalue weighted by molar-refractivity contribution is 0.652.